The van der Waals surface area contributed by atoms with E-state index in [0.717, 1.165) is 10.4 Å². The number of thiophene rings is 1. The number of ether oxygens (including phenoxy) is 1. The third-order valence-electron chi connectivity index (χ3n) is 4.06. The second-order valence-corrected chi connectivity index (χ2v) is 7.15. The Morgan fingerprint density at radius 3 is 2.96 bits per heavy atom. The van der Waals surface area contributed by atoms with E-state index in [9.17, 15) is 4.79 Å². The van der Waals surface area contributed by atoms with Gasteiger partial charge in [-0.25, -0.2) is 4.68 Å². The smallest absolute Gasteiger partial charge is 0.274 e. The summed E-state index contributed by atoms with van der Waals surface area (Å²) < 4.78 is 7.65. The highest BCUT2D eigenvalue weighted by molar-refractivity contribution is 7.09. The van der Waals surface area contributed by atoms with E-state index in [1.165, 1.54) is 0 Å². The third kappa shape index (κ3) is 3.44. The summed E-state index contributed by atoms with van der Waals surface area (Å²) in [5.41, 5.74) is 2.05. The summed E-state index contributed by atoms with van der Waals surface area (Å²) in [6.07, 6.45) is -0.131. The minimum absolute atomic E-state index is 0.131. The molecule has 0 saturated heterocycles. The second-order valence-electron chi connectivity index (χ2n) is 5.68. The zero-order valence-electron chi connectivity index (χ0n) is 13.2. The van der Waals surface area contributed by atoms with Crippen LogP contribution in [0.2, 0.25) is 5.02 Å². The number of fused-ring (bicyclic) bond motifs is 1. The van der Waals surface area contributed by atoms with E-state index in [0.29, 0.717) is 36.1 Å². The van der Waals surface area contributed by atoms with Gasteiger partial charge in [0.15, 0.2) is 5.69 Å². The molecule has 6 nitrogen and oxygen atoms in total. The number of carbonyl (C=O) groups excluding carboxylic acids is 1. The van der Waals surface area contributed by atoms with E-state index in [1.54, 1.807) is 16.0 Å². The van der Waals surface area contributed by atoms with Gasteiger partial charge in [0.05, 0.1) is 25.4 Å². The number of amides is 1. The predicted molar refractivity (Wildman–Crippen MR) is 94.5 cm³/mol. The first-order valence-electron chi connectivity index (χ1n) is 7.81. The lowest BCUT2D eigenvalue weighted by atomic mass is 10.1. The van der Waals surface area contributed by atoms with E-state index in [-0.39, 0.29) is 12.0 Å². The molecule has 0 saturated carbocycles. The normalized spacial score (nSPS) is 16.4. The van der Waals surface area contributed by atoms with Crippen LogP contribution < -0.4 is 5.32 Å². The lowest BCUT2D eigenvalue weighted by Gasteiger charge is -2.24. The fraction of sp³-hybridized carbons (Fsp3) is 0.235. The van der Waals surface area contributed by atoms with Crippen LogP contribution in [0.4, 0.5) is 0 Å². The first kappa shape index (κ1) is 16.3. The Morgan fingerprint density at radius 2 is 2.20 bits per heavy atom. The number of halogens is 1. The van der Waals surface area contributed by atoms with Crippen molar-refractivity contribution in [1.29, 1.82) is 0 Å². The SMILES string of the molecule is O=C(NCc1cccs1)c1nnn2c1COC(c1ccc(Cl)cc1)C2. The van der Waals surface area contributed by atoms with Gasteiger partial charge in [-0.1, -0.05) is 35.0 Å². The molecule has 25 heavy (non-hydrogen) atoms. The number of hydrogen-bond acceptors (Lipinski definition) is 5. The summed E-state index contributed by atoms with van der Waals surface area (Å²) in [6.45, 7) is 1.29. The number of rotatable bonds is 4. The van der Waals surface area contributed by atoms with Crippen molar-refractivity contribution in [2.75, 3.05) is 0 Å². The van der Waals surface area contributed by atoms with Gasteiger partial charge in [0, 0.05) is 9.90 Å². The van der Waals surface area contributed by atoms with Gasteiger partial charge in [-0.2, -0.15) is 0 Å². The molecule has 1 aliphatic heterocycles. The van der Waals surface area contributed by atoms with Crippen LogP contribution in [0, 0.1) is 0 Å². The Kier molecular flexibility index (Phi) is 4.52. The fourth-order valence-electron chi connectivity index (χ4n) is 2.73. The van der Waals surface area contributed by atoms with Gasteiger partial charge in [-0.05, 0) is 29.1 Å². The van der Waals surface area contributed by atoms with Crippen LogP contribution >= 0.6 is 22.9 Å². The van der Waals surface area contributed by atoms with Gasteiger partial charge in [0.25, 0.3) is 5.91 Å². The molecule has 1 unspecified atom stereocenters. The number of aromatic nitrogens is 3. The van der Waals surface area contributed by atoms with Crippen LogP contribution in [0.25, 0.3) is 0 Å². The first-order chi connectivity index (χ1) is 12.2. The van der Waals surface area contributed by atoms with Gasteiger partial charge >= 0.3 is 0 Å². The average Bonchev–Trinajstić information content (AvgIpc) is 3.29. The predicted octanol–water partition coefficient (Wildman–Crippen LogP) is 3.19. The minimum Gasteiger partial charge on any atom is -0.365 e. The molecule has 0 fully saturated rings. The summed E-state index contributed by atoms with van der Waals surface area (Å²) in [5, 5.41) is 13.7. The van der Waals surface area contributed by atoms with Crippen LogP contribution in [0.3, 0.4) is 0 Å². The van der Waals surface area contributed by atoms with Crippen molar-refractivity contribution in [2.24, 2.45) is 0 Å². The van der Waals surface area contributed by atoms with E-state index in [4.69, 9.17) is 16.3 Å². The van der Waals surface area contributed by atoms with Crippen LogP contribution in [0.15, 0.2) is 41.8 Å². The molecule has 1 amide bonds. The molecular weight excluding hydrogens is 360 g/mol. The molecule has 0 aliphatic carbocycles. The molecule has 1 N–H and O–H groups in total. The van der Waals surface area contributed by atoms with E-state index >= 15 is 0 Å². The first-order valence-corrected chi connectivity index (χ1v) is 9.06. The van der Waals surface area contributed by atoms with Crippen molar-refractivity contribution in [3.63, 3.8) is 0 Å². The Morgan fingerprint density at radius 1 is 1.36 bits per heavy atom. The maximum absolute atomic E-state index is 12.4. The van der Waals surface area contributed by atoms with Gasteiger partial charge < -0.3 is 10.1 Å². The van der Waals surface area contributed by atoms with Gasteiger partial charge in [-0.15, -0.1) is 16.4 Å². The number of benzene rings is 1. The lowest BCUT2D eigenvalue weighted by Crippen LogP contribution is -2.27. The van der Waals surface area contributed by atoms with E-state index in [1.807, 2.05) is 41.8 Å². The fourth-order valence-corrected chi connectivity index (χ4v) is 3.50. The zero-order chi connectivity index (χ0) is 17.2. The molecule has 0 bridgehead atoms. The maximum Gasteiger partial charge on any atom is 0.274 e. The molecule has 3 heterocycles. The summed E-state index contributed by atoms with van der Waals surface area (Å²) in [6, 6.07) is 11.5. The molecule has 3 aromatic rings. The van der Waals surface area contributed by atoms with Gasteiger partial charge in [-0.3, -0.25) is 4.79 Å². The van der Waals surface area contributed by atoms with E-state index < -0.39 is 0 Å². The molecule has 1 atom stereocenters. The molecule has 1 aliphatic rings. The van der Waals surface area contributed by atoms with E-state index in [2.05, 4.69) is 15.6 Å². The third-order valence-corrected chi connectivity index (χ3v) is 5.19. The summed E-state index contributed by atoms with van der Waals surface area (Å²) >= 11 is 7.52. The molecule has 0 radical (unpaired) electrons. The lowest BCUT2D eigenvalue weighted by molar-refractivity contribution is -0.00176. The van der Waals surface area contributed by atoms with Crippen LogP contribution in [-0.2, 0) is 24.4 Å². The van der Waals surface area contributed by atoms with Gasteiger partial charge in [0.2, 0.25) is 0 Å². The van der Waals surface area contributed by atoms with Crippen LogP contribution in [0.1, 0.15) is 32.7 Å². The number of hydrogen-bond donors (Lipinski definition) is 1. The van der Waals surface area contributed by atoms with Crippen LogP contribution in [-0.4, -0.2) is 20.9 Å². The highest BCUT2D eigenvalue weighted by atomic mass is 35.5. The Hall–Kier alpha value is -2.22. The largest absolute Gasteiger partial charge is 0.365 e. The van der Waals surface area contributed by atoms with Crippen molar-refractivity contribution < 1.29 is 9.53 Å². The van der Waals surface area contributed by atoms with Crippen molar-refractivity contribution in [1.82, 2.24) is 20.3 Å². The molecule has 128 valence electrons. The monoisotopic (exact) mass is 374 g/mol. The highest BCUT2D eigenvalue weighted by Gasteiger charge is 2.27. The maximum atomic E-state index is 12.4. The second kappa shape index (κ2) is 6.95. The molecular formula is C17H15ClN4O2S. The van der Waals surface area contributed by atoms with Crippen molar-refractivity contribution >= 4 is 28.8 Å². The average molecular weight is 375 g/mol. The zero-order valence-corrected chi connectivity index (χ0v) is 14.8. The van der Waals surface area contributed by atoms with Crippen molar-refractivity contribution in [3.05, 3.63) is 68.6 Å². The molecule has 2 aromatic heterocycles. The number of nitrogens with one attached hydrogen (secondary N) is 1. The topological polar surface area (TPSA) is 69.0 Å². The molecule has 1 aromatic carbocycles. The molecule has 8 heteroatoms. The quantitative estimate of drug-likeness (QED) is 0.761. The standard InChI is InChI=1S/C17H15ClN4O2S/c18-12-5-3-11(4-6-12)15-9-22-14(10-24-15)16(20-21-22)17(23)19-8-13-2-1-7-25-13/h1-7,15H,8-10H2,(H,19,23). The van der Waals surface area contributed by atoms with Crippen LogP contribution in [0.5, 0.6) is 0 Å². The number of carbonyl (C=O) groups is 1. The molecule has 4 rings (SSSR count). The van der Waals surface area contributed by atoms with Crippen molar-refractivity contribution in [2.45, 2.75) is 25.8 Å². The minimum atomic E-state index is -0.233. The highest BCUT2D eigenvalue weighted by Crippen LogP contribution is 2.27. The van der Waals surface area contributed by atoms with Gasteiger partial charge in [0.1, 0.15) is 6.10 Å². The summed E-state index contributed by atoms with van der Waals surface area (Å²) in [7, 11) is 0. The Balaban J connectivity index is 1.46. The Bertz CT molecular complexity index is 877. The van der Waals surface area contributed by atoms with Crippen molar-refractivity contribution in [3.8, 4) is 0 Å². The Labute approximate surface area is 153 Å². The summed E-state index contributed by atoms with van der Waals surface area (Å²) in [4.78, 5) is 13.5. The number of nitrogens with zero attached hydrogens (tertiary/aromatic N) is 3. The molecule has 0 spiro atoms. The summed E-state index contributed by atoms with van der Waals surface area (Å²) in [5.74, 6) is -0.233.